The normalized spacial score (nSPS) is 28.8. The van der Waals surface area contributed by atoms with Crippen molar-refractivity contribution in [3.8, 4) is 0 Å². The van der Waals surface area contributed by atoms with Crippen molar-refractivity contribution in [1.29, 1.82) is 0 Å². The molecule has 106 valence electrons. The highest BCUT2D eigenvalue weighted by Crippen LogP contribution is 2.30. The second-order valence-electron chi connectivity index (χ2n) is 6.36. The van der Waals surface area contributed by atoms with Crippen LogP contribution >= 0.6 is 0 Å². The lowest BCUT2D eigenvalue weighted by molar-refractivity contribution is 0.316. The fourth-order valence-electron chi connectivity index (χ4n) is 3.95. The lowest BCUT2D eigenvalue weighted by Gasteiger charge is -2.25. The Hall–Kier alpha value is -0.830. The summed E-state index contributed by atoms with van der Waals surface area (Å²) in [4.78, 5) is 4.19. The molecule has 2 unspecified atom stereocenters. The SMILES string of the molecule is c1cn(C2CCCC2NCCC2CCCCC2)cn1. The average molecular weight is 261 g/mol. The molecule has 0 aliphatic heterocycles. The van der Waals surface area contributed by atoms with Crippen LogP contribution in [0.1, 0.15) is 63.8 Å². The minimum atomic E-state index is 0.633. The van der Waals surface area contributed by atoms with Gasteiger partial charge in [-0.25, -0.2) is 4.98 Å². The molecule has 0 amide bonds. The fraction of sp³-hybridized carbons (Fsp3) is 0.812. The van der Waals surface area contributed by atoms with Crippen LogP contribution in [0, 0.1) is 5.92 Å². The summed E-state index contributed by atoms with van der Waals surface area (Å²) in [5.41, 5.74) is 0. The van der Waals surface area contributed by atoms with Crippen molar-refractivity contribution < 1.29 is 0 Å². The van der Waals surface area contributed by atoms with E-state index in [2.05, 4.69) is 21.1 Å². The van der Waals surface area contributed by atoms with Crippen LogP contribution in [0.3, 0.4) is 0 Å². The largest absolute Gasteiger partial charge is 0.333 e. The molecular weight excluding hydrogens is 234 g/mol. The van der Waals surface area contributed by atoms with Crippen LogP contribution in [-0.2, 0) is 0 Å². The quantitative estimate of drug-likeness (QED) is 0.878. The minimum absolute atomic E-state index is 0.633. The summed E-state index contributed by atoms with van der Waals surface area (Å²) in [5, 5.41) is 3.82. The third kappa shape index (κ3) is 3.38. The Morgan fingerprint density at radius 1 is 1.05 bits per heavy atom. The molecule has 1 aromatic rings. The molecule has 0 radical (unpaired) electrons. The highest BCUT2D eigenvalue weighted by molar-refractivity contribution is 4.91. The van der Waals surface area contributed by atoms with Crippen molar-refractivity contribution >= 4 is 0 Å². The van der Waals surface area contributed by atoms with Crippen molar-refractivity contribution in [1.82, 2.24) is 14.9 Å². The fourth-order valence-corrected chi connectivity index (χ4v) is 3.95. The molecule has 0 spiro atoms. The van der Waals surface area contributed by atoms with Crippen LogP contribution in [0.15, 0.2) is 18.7 Å². The van der Waals surface area contributed by atoms with Crippen LogP contribution < -0.4 is 5.32 Å². The third-order valence-corrected chi connectivity index (χ3v) is 5.07. The Morgan fingerprint density at radius 3 is 2.74 bits per heavy atom. The molecular formula is C16H27N3. The first-order valence-electron chi connectivity index (χ1n) is 8.14. The molecule has 3 nitrogen and oxygen atoms in total. The van der Waals surface area contributed by atoms with Gasteiger partial charge in [-0.2, -0.15) is 0 Å². The van der Waals surface area contributed by atoms with Gasteiger partial charge in [-0.05, 0) is 38.1 Å². The molecule has 1 N–H and O–H groups in total. The zero-order valence-electron chi connectivity index (χ0n) is 11.9. The Labute approximate surface area is 116 Å². The summed E-state index contributed by atoms with van der Waals surface area (Å²) in [5.74, 6) is 0.995. The predicted molar refractivity (Wildman–Crippen MR) is 78.1 cm³/mol. The Bertz CT molecular complexity index is 354. The molecule has 2 aliphatic carbocycles. The van der Waals surface area contributed by atoms with Gasteiger partial charge in [0.05, 0.1) is 6.33 Å². The lowest BCUT2D eigenvalue weighted by Crippen LogP contribution is -2.35. The van der Waals surface area contributed by atoms with Crippen LogP contribution in [0.25, 0.3) is 0 Å². The number of aromatic nitrogens is 2. The molecule has 3 rings (SSSR count). The number of imidazole rings is 1. The first-order chi connectivity index (χ1) is 9.43. The van der Waals surface area contributed by atoms with Crippen molar-refractivity contribution in [2.45, 2.75) is 69.9 Å². The molecule has 2 aliphatic rings. The van der Waals surface area contributed by atoms with E-state index in [0.29, 0.717) is 12.1 Å². The summed E-state index contributed by atoms with van der Waals surface area (Å²) in [6, 6.07) is 1.30. The molecule has 2 fully saturated rings. The number of rotatable bonds is 5. The average Bonchev–Trinajstić information content (AvgIpc) is 3.10. The Kier molecular flexibility index (Phi) is 4.54. The molecule has 1 aromatic heterocycles. The number of hydrogen-bond acceptors (Lipinski definition) is 2. The van der Waals surface area contributed by atoms with Crippen molar-refractivity contribution in [2.24, 2.45) is 5.92 Å². The Balaban J connectivity index is 1.44. The standard InChI is InChI=1S/C16H27N3/c1-2-5-14(6-3-1)9-10-18-15-7-4-8-16(15)19-12-11-17-13-19/h11-16,18H,1-10H2. The van der Waals surface area contributed by atoms with E-state index in [1.807, 2.05) is 12.5 Å². The summed E-state index contributed by atoms with van der Waals surface area (Å²) < 4.78 is 2.30. The van der Waals surface area contributed by atoms with Gasteiger partial charge in [0, 0.05) is 24.5 Å². The maximum atomic E-state index is 4.19. The second-order valence-corrected chi connectivity index (χ2v) is 6.36. The maximum absolute atomic E-state index is 4.19. The van der Waals surface area contributed by atoms with Crippen LogP contribution in [0.5, 0.6) is 0 Å². The van der Waals surface area contributed by atoms with E-state index in [-0.39, 0.29) is 0 Å². The molecule has 3 heteroatoms. The first-order valence-corrected chi connectivity index (χ1v) is 8.14. The van der Waals surface area contributed by atoms with Gasteiger partial charge in [0.1, 0.15) is 0 Å². The summed E-state index contributed by atoms with van der Waals surface area (Å²) >= 11 is 0. The highest BCUT2D eigenvalue weighted by Gasteiger charge is 2.27. The molecule has 0 aromatic carbocycles. The van der Waals surface area contributed by atoms with Gasteiger partial charge >= 0.3 is 0 Å². The predicted octanol–water partition coefficient (Wildman–Crippen LogP) is 3.54. The molecule has 0 saturated heterocycles. The Morgan fingerprint density at radius 2 is 1.95 bits per heavy atom. The monoisotopic (exact) mass is 261 g/mol. The van der Waals surface area contributed by atoms with Gasteiger partial charge < -0.3 is 9.88 Å². The zero-order chi connectivity index (χ0) is 12.9. The van der Waals surface area contributed by atoms with E-state index >= 15 is 0 Å². The van der Waals surface area contributed by atoms with Crippen LogP contribution in [-0.4, -0.2) is 22.1 Å². The van der Waals surface area contributed by atoms with Crippen LogP contribution in [0.2, 0.25) is 0 Å². The highest BCUT2D eigenvalue weighted by atomic mass is 15.1. The summed E-state index contributed by atoms with van der Waals surface area (Å²) in [7, 11) is 0. The van der Waals surface area contributed by atoms with Gasteiger partial charge in [-0.15, -0.1) is 0 Å². The zero-order valence-corrected chi connectivity index (χ0v) is 11.9. The van der Waals surface area contributed by atoms with Gasteiger partial charge in [-0.3, -0.25) is 0 Å². The van der Waals surface area contributed by atoms with E-state index < -0.39 is 0 Å². The minimum Gasteiger partial charge on any atom is -0.333 e. The second kappa shape index (κ2) is 6.56. The summed E-state index contributed by atoms with van der Waals surface area (Å²) in [6.07, 6.45) is 18.7. The molecule has 1 heterocycles. The van der Waals surface area contributed by atoms with E-state index in [9.17, 15) is 0 Å². The molecule has 19 heavy (non-hydrogen) atoms. The number of nitrogens with zero attached hydrogens (tertiary/aromatic N) is 2. The van der Waals surface area contributed by atoms with E-state index in [0.717, 1.165) is 5.92 Å². The molecule has 2 saturated carbocycles. The van der Waals surface area contributed by atoms with Gasteiger partial charge in [0.15, 0.2) is 0 Å². The smallest absolute Gasteiger partial charge is 0.0949 e. The van der Waals surface area contributed by atoms with Crippen molar-refractivity contribution in [3.05, 3.63) is 18.7 Å². The van der Waals surface area contributed by atoms with Gasteiger partial charge in [0.25, 0.3) is 0 Å². The first kappa shape index (κ1) is 13.2. The van der Waals surface area contributed by atoms with Gasteiger partial charge in [-0.1, -0.05) is 32.1 Å². The van der Waals surface area contributed by atoms with Crippen molar-refractivity contribution in [3.63, 3.8) is 0 Å². The number of hydrogen-bond donors (Lipinski definition) is 1. The number of nitrogens with one attached hydrogen (secondary N) is 1. The van der Waals surface area contributed by atoms with Gasteiger partial charge in [0.2, 0.25) is 0 Å². The van der Waals surface area contributed by atoms with Crippen LogP contribution in [0.4, 0.5) is 0 Å². The van der Waals surface area contributed by atoms with E-state index in [4.69, 9.17) is 0 Å². The molecule has 2 atom stereocenters. The van der Waals surface area contributed by atoms with Crippen molar-refractivity contribution in [2.75, 3.05) is 6.54 Å². The maximum Gasteiger partial charge on any atom is 0.0949 e. The topological polar surface area (TPSA) is 29.9 Å². The molecule has 0 bridgehead atoms. The summed E-state index contributed by atoms with van der Waals surface area (Å²) in [6.45, 7) is 1.21. The third-order valence-electron chi connectivity index (χ3n) is 5.07. The van der Waals surface area contributed by atoms with E-state index in [1.165, 1.54) is 64.3 Å². The van der Waals surface area contributed by atoms with E-state index in [1.54, 1.807) is 0 Å². The lowest BCUT2D eigenvalue weighted by atomic mass is 9.87.